The van der Waals surface area contributed by atoms with Crippen molar-refractivity contribution in [3.05, 3.63) is 112 Å². The monoisotopic (exact) mass is 449 g/mol. The summed E-state index contributed by atoms with van der Waals surface area (Å²) >= 11 is 1.36. The number of hydrazone groups is 1. The van der Waals surface area contributed by atoms with E-state index in [1.54, 1.807) is 17.1 Å². The van der Waals surface area contributed by atoms with Gasteiger partial charge in [-0.1, -0.05) is 66.8 Å². The lowest BCUT2D eigenvalue weighted by molar-refractivity contribution is -0.384. The molecule has 3 aromatic carbocycles. The third-order valence-electron chi connectivity index (χ3n) is 4.78. The molecular weight excluding hydrogens is 429 g/mol. The summed E-state index contributed by atoms with van der Waals surface area (Å²) in [5, 5.41) is 18.3. The number of rotatable bonds is 6. The molecule has 1 heterocycles. The molecule has 6 nitrogen and oxygen atoms in total. The smallest absolute Gasteiger partial charge is 0.269 e. The number of hydrogen-bond acceptors (Lipinski definition) is 6. The highest BCUT2D eigenvalue weighted by molar-refractivity contribution is 8.66. The summed E-state index contributed by atoms with van der Waals surface area (Å²) in [5.74, 6) is 0.638. The van der Waals surface area contributed by atoms with Gasteiger partial charge in [0.25, 0.3) is 5.69 Å². The lowest BCUT2D eigenvalue weighted by atomic mass is 10.2. The Morgan fingerprint density at radius 2 is 1.55 bits per heavy atom. The molecule has 0 spiro atoms. The quantitative estimate of drug-likeness (QED) is 0.235. The molecule has 0 saturated carbocycles. The van der Waals surface area contributed by atoms with Gasteiger partial charge in [-0.2, -0.15) is 5.10 Å². The fourth-order valence-electron chi connectivity index (χ4n) is 3.33. The molecule has 31 heavy (non-hydrogen) atoms. The number of anilines is 1. The fraction of sp³-hybridized carbons (Fsp3) is 0.0870. The maximum Gasteiger partial charge on any atom is 0.269 e. The molecule has 4 rings (SSSR count). The summed E-state index contributed by atoms with van der Waals surface area (Å²) in [5.41, 5.74) is 2.72. The standard InChI is InChI=1S/C23H20N3O3PS/c1-2-31-30(29)22(18-9-5-3-6-10-18)17-25(20-11-7-4-8-12-20)24-23(30)19-13-15-21(16-14-19)26(27)28/h3-17H,2H2,1H3. The van der Waals surface area contributed by atoms with Gasteiger partial charge >= 0.3 is 0 Å². The van der Waals surface area contributed by atoms with Crippen molar-refractivity contribution in [2.24, 2.45) is 5.10 Å². The maximum absolute atomic E-state index is 14.5. The first-order valence-corrected chi connectivity index (χ1v) is 13.0. The number of para-hydroxylation sites is 1. The molecule has 0 bridgehead atoms. The SMILES string of the molecule is CCSP1(=O)C(c2ccccc2)=CN(c2ccccc2)N=C1c1ccc([N+](=O)[O-])cc1. The van der Waals surface area contributed by atoms with Gasteiger partial charge in [0.1, 0.15) is 5.45 Å². The van der Waals surface area contributed by atoms with Gasteiger partial charge in [0.2, 0.25) is 6.34 Å². The van der Waals surface area contributed by atoms with Crippen molar-refractivity contribution in [2.75, 3.05) is 10.8 Å². The Hall–Kier alpha value is -3.15. The van der Waals surface area contributed by atoms with E-state index in [2.05, 4.69) is 0 Å². The van der Waals surface area contributed by atoms with Crippen LogP contribution in [0.4, 0.5) is 11.4 Å². The summed E-state index contributed by atoms with van der Waals surface area (Å²) < 4.78 is 14.5. The van der Waals surface area contributed by atoms with E-state index in [0.29, 0.717) is 22.1 Å². The van der Waals surface area contributed by atoms with Crippen LogP contribution in [-0.4, -0.2) is 16.1 Å². The Labute approximate surface area is 184 Å². The Kier molecular flexibility index (Phi) is 6.07. The zero-order valence-electron chi connectivity index (χ0n) is 16.8. The molecule has 0 amide bonds. The topological polar surface area (TPSA) is 75.8 Å². The maximum atomic E-state index is 14.5. The summed E-state index contributed by atoms with van der Waals surface area (Å²) in [6.45, 7) is 1.96. The summed E-state index contributed by atoms with van der Waals surface area (Å²) in [6.07, 6.45) is -1.32. The lowest BCUT2D eigenvalue weighted by Crippen LogP contribution is -2.19. The summed E-state index contributed by atoms with van der Waals surface area (Å²) in [4.78, 5) is 10.6. The van der Waals surface area contributed by atoms with Gasteiger partial charge in [-0.3, -0.25) is 10.1 Å². The van der Waals surface area contributed by atoms with E-state index in [1.165, 1.54) is 23.5 Å². The predicted molar refractivity (Wildman–Crippen MR) is 129 cm³/mol. The van der Waals surface area contributed by atoms with Crippen LogP contribution in [0, 0.1) is 10.1 Å². The van der Waals surface area contributed by atoms with Crippen LogP contribution >= 0.6 is 17.7 Å². The second kappa shape index (κ2) is 8.92. The van der Waals surface area contributed by atoms with Crippen LogP contribution in [-0.2, 0) is 4.57 Å². The zero-order valence-corrected chi connectivity index (χ0v) is 18.5. The summed E-state index contributed by atoms with van der Waals surface area (Å²) in [7, 11) is 0. The van der Waals surface area contributed by atoms with E-state index >= 15 is 0 Å². The van der Waals surface area contributed by atoms with Gasteiger partial charge in [-0.15, -0.1) is 0 Å². The molecule has 156 valence electrons. The van der Waals surface area contributed by atoms with Crippen molar-refractivity contribution >= 4 is 39.9 Å². The number of nitro groups is 1. The van der Waals surface area contributed by atoms with E-state index in [4.69, 9.17) is 5.10 Å². The molecule has 1 atom stereocenters. The Bertz CT molecular complexity index is 1200. The van der Waals surface area contributed by atoms with Gasteiger partial charge in [-0.25, -0.2) is 5.01 Å². The van der Waals surface area contributed by atoms with Crippen molar-refractivity contribution in [3.8, 4) is 0 Å². The molecule has 1 aliphatic rings. The van der Waals surface area contributed by atoms with Crippen molar-refractivity contribution in [1.82, 2.24) is 0 Å². The lowest BCUT2D eigenvalue weighted by Gasteiger charge is -2.30. The van der Waals surface area contributed by atoms with Gasteiger partial charge in [-0.05, 0) is 35.6 Å². The first-order valence-electron chi connectivity index (χ1n) is 9.73. The average Bonchev–Trinajstić information content (AvgIpc) is 2.80. The second-order valence-electron chi connectivity index (χ2n) is 6.76. The number of nitrogens with zero attached hydrogens (tertiary/aromatic N) is 3. The molecule has 0 saturated heterocycles. The van der Waals surface area contributed by atoms with Crippen LogP contribution in [0.1, 0.15) is 18.1 Å². The highest BCUT2D eigenvalue weighted by Gasteiger charge is 2.39. The number of non-ortho nitro benzene ring substituents is 1. The van der Waals surface area contributed by atoms with E-state index < -0.39 is 11.3 Å². The number of hydrogen-bond donors (Lipinski definition) is 0. The third kappa shape index (κ3) is 4.20. The minimum absolute atomic E-state index is 0.0168. The molecule has 0 radical (unpaired) electrons. The molecule has 0 fully saturated rings. The van der Waals surface area contributed by atoms with E-state index in [-0.39, 0.29) is 5.69 Å². The molecule has 1 unspecified atom stereocenters. The van der Waals surface area contributed by atoms with Gasteiger partial charge < -0.3 is 4.57 Å². The van der Waals surface area contributed by atoms with Crippen LogP contribution in [0.5, 0.6) is 0 Å². The van der Waals surface area contributed by atoms with Crippen LogP contribution in [0.25, 0.3) is 5.31 Å². The van der Waals surface area contributed by atoms with Gasteiger partial charge in [0, 0.05) is 23.9 Å². The van der Waals surface area contributed by atoms with Crippen LogP contribution in [0.3, 0.4) is 0 Å². The van der Waals surface area contributed by atoms with Crippen LogP contribution < -0.4 is 5.01 Å². The Morgan fingerprint density at radius 1 is 0.935 bits per heavy atom. The van der Waals surface area contributed by atoms with Crippen LogP contribution in [0.2, 0.25) is 0 Å². The normalized spacial score (nSPS) is 18.3. The highest BCUT2D eigenvalue weighted by atomic mass is 32.7. The largest absolute Gasteiger partial charge is 0.300 e. The van der Waals surface area contributed by atoms with E-state index in [0.717, 1.165) is 11.3 Å². The Balaban J connectivity index is 1.92. The predicted octanol–water partition coefficient (Wildman–Crippen LogP) is 6.81. The minimum Gasteiger partial charge on any atom is -0.300 e. The highest BCUT2D eigenvalue weighted by Crippen LogP contribution is 2.71. The van der Waals surface area contributed by atoms with Crippen molar-refractivity contribution in [1.29, 1.82) is 0 Å². The zero-order chi connectivity index (χ0) is 21.8. The van der Waals surface area contributed by atoms with Gasteiger partial charge in [0.05, 0.1) is 15.9 Å². The number of nitro benzene ring substituents is 1. The molecule has 0 N–H and O–H groups in total. The molecule has 8 heteroatoms. The van der Waals surface area contributed by atoms with Crippen molar-refractivity contribution in [2.45, 2.75) is 6.92 Å². The number of benzene rings is 3. The minimum atomic E-state index is -3.16. The van der Waals surface area contributed by atoms with E-state index in [1.807, 2.05) is 73.8 Å². The Morgan fingerprint density at radius 3 is 2.13 bits per heavy atom. The van der Waals surface area contributed by atoms with Crippen LogP contribution in [0.15, 0.2) is 96.2 Å². The first-order chi connectivity index (χ1) is 15.0. The second-order valence-corrected chi connectivity index (χ2v) is 11.9. The third-order valence-corrected chi connectivity index (χ3v) is 10.3. The molecule has 0 aromatic heterocycles. The van der Waals surface area contributed by atoms with Crippen molar-refractivity contribution < 1.29 is 9.49 Å². The molecule has 1 aliphatic heterocycles. The van der Waals surface area contributed by atoms with Gasteiger partial charge in [0.15, 0.2) is 0 Å². The van der Waals surface area contributed by atoms with Crippen molar-refractivity contribution in [3.63, 3.8) is 0 Å². The van der Waals surface area contributed by atoms with E-state index in [9.17, 15) is 14.7 Å². The molecular formula is C23H20N3O3PS. The summed E-state index contributed by atoms with van der Waals surface area (Å²) in [6, 6.07) is 25.3. The average molecular weight is 449 g/mol. The fourth-order valence-corrected chi connectivity index (χ4v) is 8.40. The molecule has 3 aromatic rings. The molecule has 0 aliphatic carbocycles. The first kappa shape index (κ1) is 21.1.